The van der Waals surface area contributed by atoms with Crippen LogP contribution in [0.5, 0.6) is 5.75 Å². The highest BCUT2D eigenvalue weighted by Gasteiger charge is 2.17. The third-order valence-electron chi connectivity index (χ3n) is 3.10. The maximum Gasteiger partial charge on any atom is 0.339 e. The number of hydrogen-bond acceptors (Lipinski definition) is 3. The summed E-state index contributed by atoms with van der Waals surface area (Å²) in [5.74, 6) is -1.58. The molecule has 1 aliphatic heterocycles. The van der Waals surface area contributed by atoms with Crippen molar-refractivity contribution in [2.45, 2.75) is 13.3 Å². The van der Waals surface area contributed by atoms with E-state index in [1.165, 1.54) is 18.2 Å². The number of anilines is 1. The third kappa shape index (κ3) is 3.09. The van der Waals surface area contributed by atoms with Gasteiger partial charge in [-0.1, -0.05) is 11.6 Å². The molecule has 20 heavy (non-hydrogen) atoms. The van der Waals surface area contributed by atoms with Gasteiger partial charge in [0, 0.05) is 24.8 Å². The summed E-state index contributed by atoms with van der Waals surface area (Å²) in [5.41, 5.74) is 1.31. The van der Waals surface area contributed by atoms with Gasteiger partial charge >= 0.3 is 12.0 Å². The third-order valence-corrected chi connectivity index (χ3v) is 3.10. The molecule has 2 amide bonds. The van der Waals surface area contributed by atoms with Gasteiger partial charge in [-0.15, -0.1) is 0 Å². The Bertz CT molecular complexity index is 581. The molecular weight excluding hydrogens is 260 g/mol. The molecular formula is C14H16N2O4. The van der Waals surface area contributed by atoms with Gasteiger partial charge in [0.2, 0.25) is 0 Å². The van der Waals surface area contributed by atoms with Gasteiger partial charge in [0.1, 0.15) is 11.3 Å². The Morgan fingerprint density at radius 2 is 2.10 bits per heavy atom. The zero-order valence-electron chi connectivity index (χ0n) is 11.1. The summed E-state index contributed by atoms with van der Waals surface area (Å²) in [5, 5.41) is 21.0. The van der Waals surface area contributed by atoms with Crippen LogP contribution in [0, 0.1) is 0 Å². The van der Waals surface area contributed by atoms with Gasteiger partial charge in [-0.2, -0.15) is 0 Å². The fourth-order valence-corrected chi connectivity index (χ4v) is 2.08. The summed E-state index contributed by atoms with van der Waals surface area (Å²) in [6.45, 7) is 3.18. The number of carboxylic acids is 1. The molecule has 0 aliphatic carbocycles. The molecule has 0 radical (unpaired) electrons. The molecule has 0 atom stereocenters. The minimum atomic E-state index is -1.21. The summed E-state index contributed by atoms with van der Waals surface area (Å²) in [7, 11) is 0. The van der Waals surface area contributed by atoms with Crippen molar-refractivity contribution < 1.29 is 19.8 Å². The number of nitrogens with zero attached hydrogens (tertiary/aromatic N) is 1. The molecule has 1 heterocycles. The van der Waals surface area contributed by atoms with Crippen molar-refractivity contribution in [3.8, 4) is 5.75 Å². The number of phenols is 1. The Balaban J connectivity index is 2.07. The number of benzene rings is 1. The lowest BCUT2D eigenvalue weighted by Crippen LogP contribution is -2.38. The van der Waals surface area contributed by atoms with Gasteiger partial charge in [-0.05, 0) is 25.5 Å². The lowest BCUT2D eigenvalue weighted by Gasteiger charge is -2.26. The quantitative estimate of drug-likeness (QED) is 0.723. The molecule has 0 saturated heterocycles. The lowest BCUT2D eigenvalue weighted by atomic mass is 10.1. The van der Waals surface area contributed by atoms with E-state index in [1.807, 2.05) is 6.92 Å². The van der Waals surface area contributed by atoms with E-state index in [-0.39, 0.29) is 17.3 Å². The van der Waals surface area contributed by atoms with Gasteiger partial charge in [0.15, 0.2) is 0 Å². The predicted molar refractivity (Wildman–Crippen MR) is 74.0 cm³/mol. The summed E-state index contributed by atoms with van der Waals surface area (Å²) in [6, 6.07) is 3.68. The SMILES string of the molecule is CC1=CCCN(C(=O)Nc2ccc(C(=O)O)c(O)c2)C1. The van der Waals surface area contributed by atoms with E-state index in [1.54, 1.807) is 4.90 Å². The number of carboxylic acid groups (broad SMARTS) is 1. The Morgan fingerprint density at radius 3 is 2.70 bits per heavy atom. The fourth-order valence-electron chi connectivity index (χ4n) is 2.08. The molecule has 1 aromatic rings. The molecule has 6 heteroatoms. The Hall–Kier alpha value is -2.50. The minimum Gasteiger partial charge on any atom is -0.507 e. The number of rotatable bonds is 2. The first-order valence-corrected chi connectivity index (χ1v) is 6.25. The maximum atomic E-state index is 12.0. The molecule has 0 bridgehead atoms. The molecule has 1 aromatic carbocycles. The van der Waals surface area contributed by atoms with Crippen LogP contribution in [0.1, 0.15) is 23.7 Å². The number of hydrogen-bond donors (Lipinski definition) is 3. The first kappa shape index (κ1) is 13.9. The summed E-state index contributed by atoms with van der Waals surface area (Å²) in [6.07, 6.45) is 2.92. The molecule has 0 spiro atoms. The Kier molecular flexibility index (Phi) is 3.93. The van der Waals surface area contributed by atoms with Crippen LogP contribution in [0.15, 0.2) is 29.8 Å². The standard InChI is InChI=1S/C14H16N2O4/c1-9-3-2-6-16(8-9)14(20)15-10-4-5-11(13(18)19)12(17)7-10/h3-5,7,17H,2,6,8H2,1H3,(H,15,20)(H,18,19). The topological polar surface area (TPSA) is 89.9 Å². The molecule has 1 aliphatic rings. The summed E-state index contributed by atoms with van der Waals surface area (Å²) < 4.78 is 0. The normalized spacial score (nSPS) is 14.7. The van der Waals surface area contributed by atoms with Crippen molar-refractivity contribution in [1.29, 1.82) is 0 Å². The van der Waals surface area contributed by atoms with Crippen molar-refractivity contribution in [2.75, 3.05) is 18.4 Å². The van der Waals surface area contributed by atoms with E-state index < -0.39 is 5.97 Å². The Labute approximate surface area is 116 Å². The lowest BCUT2D eigenvalue weighted by molar-refractivity contribution is 0.0694. The van der Waals surface area contributed by atoms with Crippen molar-refractivity contribution in [2.24, 2.45) is 0 Å². The average Bonchev–Trinajstić information content (AvgIpc) is 2.38. The van der Waals surface area contributed by atoms with E-state index in [9.17, 15) is 14.7 Å². The number of urea groups is 1. The number of aromatic carboxylic acids is 1. The van der Waals surface area contributed by atoms with Crippen LogP contribution in [0.25, 0.3) is 0 Å². The fraction of sp³-hybridized carbons (Fsp3) is 0.286. The van der Waals surface area contributed by atoms with Crippen LogP contribution in [0.4, 0.5) is 10.5 Å². The first-order chi connectivity index (χ1) is 9.47. The summed E-state index contributed by atoms with van der Waals surface area (Å²) >= 11 is 0. The zero-order valence-corrected chi connectivity index (χ0v) is 11.1. The average molecular weight is 276 g/mol. The second kappa shape index (κ2) is 5.64. The van der Waals surface area contributed by atoms with E-state index in [0.29, 0.717) is 18.8 Å². The predicted octanol–water partition coefficient (Wildman–Crippen LogP) is 2.27. The highest BCUT2D eigenvalue weighted by molar-refractivity contribution is 5.94. The van der Waals surface area contributed by atoms with E-state index in [4.69, 9.17) is 5.11 Å². The van der Waals surface area contributed by atoms with Crippen LogP contribution in [-0.4, -0.2) is 40.2 Å². The molecule has 3 N–H and O–H groups in total. The number of nitrogens with one attached hydrogen (secondary N) is 1. The highest BCUT2D eigenvalue weighted by Crippen LogP contribution is 2.22. The van der Waals surface area contributed by atoms with Gasteiger partial charge in [0.25, 0.3) is 0 Å². The van der Waals surface area contributed by atoms with Crippen LogP contribution in [-0.2, 0) is 0 Å². The zero-order chi connectivity index (χ0) is 14.7. The minimum absolute atomic E-state index is 0.195. The van der Waals surface area contributed by atoms with Gasteiger partial charge in [-0.3, -0.25) is 0 Å². The van der Waals surface area contributed by atoms with Gasteiger partial charge in [0.05, 0.1) is 0 Å². The Morgan fingerprint density at radius 1 is 1.35 bits per heavy atom. The molecule has 0 unspecified atom stereocenters. The summed E-state index contributed by atoms with van der Waals surface area (Å²) in [4.78, 5) is 24.5. The molecule has 0 saturated carbocycles. The van der Waals surface area contributed by atoms with Crippen molar-refractivity contribution >= 4 is 17.7 Å². The second-order valence-corrected chi connectivity index (χ2v) is 4.73. The molecule has 0 aromatic heterocycles. The van der Waals surface area contributed by atoms with Crippen molar-refractivity contribution in [1.82, 2.24) is 4.90 Å². The van der Waals surface area contributed by atoms with Gasteiger partial charge < -0.3 is 20.4 Å². The molecule has 0 fully saturated rings. The second-order valence-electron chi connectivity index (χ2n) is 4.73. The van der Waals surface area contributed by atoms with Crippen LogP contribution in [0.3, 0.4) is 0 Å². The van der Waals surface area contributed by atoms with Crippen LogP contribution in [0.2, 0.25) is 0 Å². The monoisotopic (exact) mass is 276 g/mol. The van der Waals surface area contributed by atoms with Crippen LogP contribution >= 0.6 is 0 Å². The molecule has 6 nitrogen and oxygen atoms in total. The number of amides is 2. The number of carbonyl (C=O) groups is 2. The van der Waals surface area contributed by atoms with E-state index in [0.717, 1.165) is 12.0 Å². The number of aromatic hydroxyl groups is 1. The largest absolute Gasteiger partial charge is 0.507 e. The van der Waals surface area contributed by atoms with Crippen LogP contribution < -0.4 is 5.32 Å². The molecule has 106 valence electrons. The van der Waals surface area contributed by atoms with E-state index in [2.05, 4.69) is 11.4 Å². The van der Waals surface area contributed by atoms with E-state index >= 15 is 0 Å². The molecule has 2 rings (SSSR count). The number of carbonyl (C=O) groups excluding carboxylic acids is 1. The maximum absolute atomic E-state index is 12.0. The van der Waals surface area contributed by atoms with Gasteiger partial charge in [-0.25, -0.2) is 9.59 Å². The van der Waals surface area contributed by atoms with Crippen molar-refractivity contribution in [3.63, 3.8) is 0 Å². The van der Waals surface area contributed by atoms with Crippen molar-refractivity contribution in [3.05, 3.63) is 35.4 Å². The smallest absolute Gasteiger partial charge is 0.339 e. The first-order valence-electron chi connectivity index (χ1n) is 6.25. The highest BCUT2D eigenvalue weighted by atomic mass is 16.4.